The molecule has 0 radical (unpaired) electrons. The predicted octanol–water partition coefficient (Wildman–Crippen LogP) is 2.29. The van der Waals surface area contributed by atoms with Gasteiger partial charge in [0.15, 0.2) is 0 Å². The van der Waals surface area contributed by atoms with E-state index in [2.05, 4.69) is 17.4 Å². The summed E-state index contributed by atoms with van der Waals surface area (Å²) in [6.45, 7) is 0.870. The topological polar surface area (TPSA) is 58.6 Å². The number of ether oxygens (including phenoxy) is 1. The van der Waals surface area contributed by atoms with E-state index in [-0.39, 0.29) is 6.04 Å². The molecule has 2 N–H and O–H groups in total. The summed E-state index contributed by atoms with van der Waals surface area (Å²) in [5.74, 6) is 1.97. The first-order valence-corrected chi connectivity index (χ1v) is 9.73. The second kappa shape index (κ2) is 5.31. The van der Waals surface area contributed by atoms with Crippen LogP contribution in [0, 0.1) is 5.92 Å². The van der Waals surface area contributed by atoms with E-state index in [4.69, 9.17) is 4.74 Å². The summed E-state index contributed by atoms with van der Waals surface area (Å²) in [4.78, 5) is 12.4. The zero-order chi connectivity index (χ0) is 17.2. The number of benzene rings is 1. The van der Waals surface area contributed by atoms with Gasteiger partial charge in [-0.2, -0.15) is 0 Å². The average Bonchev–Trinajstić information content (AvgIpc) is 3.40. The first kappa shape index (κ1) is 15.8. The van der Waals surface area contributed by atoms with E-state index >= 15 is 0 Å². The van der Waals surface area contributed by atoms with Gasteiger partial charge in [-0.05, 0) is 79.8 Å². The van der Waals surface area contributed by atoms with Crippen LogP contribution in [0.1, 0.15) is 55.2 Å². The average molecular weight is 341 g/mol. The van der Waals surface area contributed by atoms with Crippen molar-refractivity contribution in [1.29, 1.82) is 0 Å². The molecule has 0 amide bonds. The Labute approximate surface area is 149 Å². The van der Waals surface area contributed by atoms with Crippen molar-refractivity contribution in [2.45, 2.75) is 68.4 Å². The standard InChI is InChI=1S/C21H27NO3/c1-25-16-9-14(8-13-2-3-13)17-11-19-21(24)5-4-15(23)12-20(21,6-7-22-19)18(17)10-16/h9-10,13,19,22,24H,2-8,11-12H2,1H3/t19-,20-,21-/m1/s1. The van der Waals surface area contributed by atoms with Crippen LogP contribution in [0.15, 0.2) is 12.1 Å². The molecule has 25 heavy (non-hydrogen) atoms. The zero-order valence-electron chi connectivity index (χ0n) is 14.9. The minimum atomic E-state index is -0.810. The fraction of sp³-hybridized carbons (Fsp3) is 0.667. The van der Waals surface area contributed by atoms with Gasteiger partial charge >= 0.3 is 0 Å². The van der Waals surface area contributed by atoms with Crippen molar-refractivity contribution in [2.24, 2.45) is 5.92 Å². The minimum absolute atomic E-state index is 0.0631. The van der Waals surface area contributed by atoms with Crippen molar-refractivity contribution in [3.05, 3.63) is 28.8 Å². The van der Waals surface area contributed by atoms with Gasteiger partial charge in [0.05, 0.1) is 12.7 Å². The van der Waals surface area contributed by atoms with Crippen LogP contribution in [-0.4, -0.2) is 36.2 Å². The Morgan fingerprint density at radius 1 is 1.32 bits per heavy atom. The molecule has 3 fully saturated rings. The summed E-state index contributed by atoms with van der Waals surface area (Å²) in [5, 5.41) is 15.3. The predicted molar refractivity (Wildman–Crippen MR) is 95.0 cm³/mol. The van der Waals surface area contributed by atoms with Gasteiger partial charge in [-0.1, -0.05) is 0 Å². The van der Waals surface area contributed by atoms with E-state index in [9.17, 15) is 9.90 Å². The second-order valence-electron chi connectivity index (χ2n) is 8.64. The van der Waals surface area contributed by atoms with Crippen molar-refractivity contribution >= 4 is 5.78 Å². The lowest BCUT2D eigenvalue weighted by molar-refractivity contribution is -0.149. The van der Waals surface area contributed by atoms with E-state index in [0.717, 1.165) is 37.5 Å². The van der Waals surface area contributed by atoms with E-state index in [1.54, 1.807) is 7.11 Å². The molecule has 0 unspecified atom stereocenters. The van der Waals surface area contributed by atoms with E-state index in [0.29, 0.717) is 25.0 Å². The molecule has 1 heterocycles. The summed E-state index contributed by atoms with van der Waals surface area (Å²) in [6, 6.07) is 4.38. The Morgan fingerprint density at radius 2 is 2.16 bits per heavy atom. The highest BCUT2D eigenvalue weighted by Crippen LogP contribution is 2.56. The minimum Gasteiger partial charge on any atom is -0.497 e. The summed E-state index contributed by atoms with van der Waals surface area (Å²) >= 11 is 0. The third-order valence-corrected chi connectivity index (χ3v) is 7.31. The highest BCUT2D eigenvalue weighted by atomic mass is 16.5. The molecule has 1 saturated heterocycles. The monoisotopic (exact) mass is 341 g/mol. The zero-order valence-corrected chi connectivity index (χ0v) is 14.9. The van der Waals surface area contributed by atoms with Crippen LogP contribution in [0.4, 0.5) is 0 Å². The van der Waals surface area contributed by atoms with Crippen LogP contribution in [0.5, 0.6) is 5.75 Å². The van der Waals surface area contributed by atoms with Crippen molar-refractivity contribution in [3.8, 4) is 5.75 Å². The molecule has 5 rings (SSSR count). The van der Waals surface area contributed by atoms with Gasteiger partial charge in [-0.3, -0.25) is 4.79 Å². The van der Waals surface area contributed by atoms with Crippen molar-refractivity contribution in [3.63, 3.8) is 0 Å². The molecule has 1 aromatic rings. The van der Waals surface area contributed by atoms with Crippen molar-refractivity contribution in [2.75, 3.05) is 13.7 Å². The lowest BCUT2D eigenvalue weighted by atomic mass is 9.49. The molecule has 4 heteroatoms. The molecule has 134 valence electrons. The van der Waals surface area contributed by atoms with Gasteiger partial charge in [0.2, 0.25) is 0 Å². The SMILES string of the molecule is COc1cc(CC2CC2)c2c(c1)[C@]13CCN[C@H](C2)[C@]1(O)CCC(=O)C3. The van der Waals surface area contributed by atoms with Crippen LogP contribution >= 0.6 is 0 Å². The van der Waals surface area contributed by atoms with Gasteiger partial charge < -0.3 is 15.2 Å². The maximum Gasteiger partial charge on any atom is 0.134 e. The maximum absolute atomic E-state index is 12.4. The molecule has 1 aromatic carbocycles. The number of methoxy groups -OCH3 is 1. The molecule has 4 nitrogen and oxygen atoms in total. The number of ketones is 1. The smallest absolute Gasteiger partial charge is 0.134 e. The molecular weight excluding hydrogens is 314 g/mol. The fourth-order valence-corrected chi connectivity index (χ4v) is 5.80. The molecule has 4 aliphatic rings. The van der Waals surface area contributed by atoms with E-state index < -0.39 is 11.0 Å². The molecule has 3 atom stereocenters. The van der Waals surface area contributed by atoms with Gasteiger partial charge in [0, 0.05) is 24.3 Å². The number of fused-ring (bicyclic) bond motifs is 1. The van der Waals surface area contributed by atoms with Gasteiger partial charge in [0.1, 0.15) is 11.5 Å². The number of aliphatic hydroxyl groups is 1. The Hall–Kier alpha value is -1.39. The van der Waals surface area contributed by atoms with E-state index in [1.807, 2.05) is 0 Å². The van der Waals surface area contributed by atoms with Crippen LogP contribution in [0.3, 0.4) is 0 Å². The van der Waals surface area contributed by atoms with Gasteiger partial charge in [-0.25, -0.2) is 0 Å². The highest BCUT2D eigenvalue weighted by molar-refractivity contribution is 5.82. The van der Waals surface area contributed by atoms with Gasteiger partial charge in [0.25, 0.3) is 0 Å². The maximum atomic E-state index is 12.4. The van der Waals surface area contributed by atoms with Crippen LogP contribution in [-0.2, 0) is 23.1 Å². The molecule has 0 aromatic heterocycles. The molecule has 3 aliphatic carbocycles. The highest BCUT2D eigenvalue weighted by Gasteiger charge is 2.63. The number of Topliss-reactive ketones (excluding diaryl/α,β-unsaturated/α-hetero) is 1. The molecule has 1 aliphatic heterocycles. The van der Waals surface area contributed by atoms with Crippen molar-refractivity contribution < 1.29 is 14.6 Å². The van der Waals surface area contributed by atoms with Crippen LogP contribution < -0.4 is 10.1 Å². The number of piperidine rings is 1. The summed E-state index contributed by atoms with van der Waals surface area (Å²) in [5.41, 5.74) is 2.72. The lowest BCUT2D eigenvalue weighted by Crippen LogP contribution is -2.72. The largest absolute Gasteiger partial charge is 0.497 e. The Morgan fingerprint density at radius 3 is 2.92 bits per heavy atom. The summed E-state index contributed by atoms with van der Waals surface area (Å²) in [7, 11) is 1.71. The Kier molecular flexibility index (Phi) is 3.36. The molecule has 2 saturated carbocycles. The van der Waals surface area contributed by atoms with Crippen LogP contribution in [0.2, 0.25) is 0 Å². The number of rotatable bonds is 3. The van der Waals surface area contributed by atoms with Crippen molar-refractivity contribution in [1.82, 2.24) is 5.32 Å². The molecular formula is C21H27NO3. The lowest BCUT2D eigenvalue weighted by Gasteiger charge is -2.60. The normalized spacial score (nSPS) is 36.6. The third-order valence-electron chi connectivity index (χ3n) is 7.31. The number of nitrogens with one attached hydrogen (secondary N) is 1. The number of carbonyl (C=O) groups is 1. The van der Waals surface area contributed by atoms with E-state index in [1.165, 1.54) is 29.5 Å². The summed E-state index contributed by atoms with van der Waals surface area (Å²) in [6.07, 6.45) is 7.01. The molecule has 0 spiro atoms. The second-order valence-corrected chi connectivity index (χ2v) is 8.64. The first-order valence-electron chi connectivity index (χ1n) is 9.73. The molecule has 2 bridgehead atoms. The van der Waals surface area contributed by atoms with Gasteiger partial charge in [-0.15, -0.1) is 0 Å². The first-order chi connectivity index (χ1) is 12.1. The summed E-state index contributed by atoms with van der Waals surface area (Å²) < 4.78 is 5.61. The number of hydrogen-bond donors (Lipinski definition) is 2. The number of carbonyl (C=O) groups excluding carboxylic acids is 1. The quantitative estimate of drug-likeness (QED) is 0.886. The number of hydrogen-bond acceptors (Lipinski definition) is 4. The Bertz CT molecular complexity index is 741. The fourth-order valence-electron chi connectivity index (χ4n) is 5.80. The third kappa shape index (κ3) is 2.16. The Balaban J connectivity index is 1.72. The van der Waals surface area contributed by atoms with Crippen LogP contribution in [0.25, 0.3) is 0 Å².